The van der Waals surface area contributed by atoms with Gasteiger partial charge in [0.25, 0.3) is 0 Å². The average Bonchev–Trinajstić information content (AvgIpc) is 2.30. The Morgan fingerprint density at radius 1 is 1.50 bits per heavy atom. The molecule has 0 N–H and O–H groups in total. The predicted octanol–water partition coefficient (Wildman–Crippen LogP) is 1.08. The predicted molar refractivity (Wildman–Crippen MR) is 49.8 cm³/mol. The van der Waals surface area contributed by atoms with Gasteiger partial charge in [-0.3, -0.25) is 4.79 Å². The summed E-state index contributed by atoms with van der Waals surface area (Å²) in [7, 11) is 0. The Morgan fingerprint density at radius 3 is 2.43 bits per heavy atom. The SMILES string of the molecule is CC(C)(C)OC(=O)C1(C)OCCC1=O. The summed E-state index contributed by atoms with van der Waals surface area (Å²) < 4.78 is 10.2. The van der Waals surface area contributed by atoms with Crippen molar-refractivity contribution >= 4 is 11.8 Å². The molecule has 4 heteroatoms. The Bertz CT molecular complexity index is 264. The van der Waals surface area contributed by atoms with E-state index in [4.69, 9.17) is 9.47 Å². The van der Waals surface area contributed by atoms with E-state index < -0.39 is 17.2 Å². The summed E-state index contributed by atoms with van der Waals surface area (Å²) in [6.45, 7) is 7.04. The Morgan fingerprint density at radius 2 is 2.07 bits per heavy atom. The van der Waals surface area contributed by atoms with Crippen LogP contribution in [0.5, 0.6) is 0 Å². The minimum Gasteiger partial charge on any atom is -0.457 e. The van der Waals surface area contributed by atoms with Gasteiger partial charge in [-0.2, -0.15) is 0 Å². The van der Waals surface area contributed by atoms with Crippen LogP contribution in [-0.2, 0) is 19.1 Å². The standard InChI is InChI=1S/C10H16O4/c1-9(2,3)14-8(12)10(4)7(11)5-6-13-10/h5-6H2,1-4H3. The fourth-order valence-electron chi connectivity index (χ4n) is 1.22. The summed E-state index contributed by atoms with van der Waals surface area (Å²) in [5.74, 6) is -0.792. The molecule has 1 fully saturated rings. The molecule has 80 valence electrons. The van der Waals surface area contributed by atoms with Crippen molar-refractivity contribution in [3.05, 3.63) is 0 Å². The molecule has 1 heterocycles. The van der Waals surface area contributed by atoms with E-state index in [0.717, 1.165) is 0 Å². The van der Waals surface area contributed by atoms with Gasteiger partial charge in [0.2, 0.25) is 5.60 Å². The molecule has 1 saturated heterocycles. The van der Waals surface area contributed by atoms with Crippen molar-refractivity contribution < 1.29 is 19.1 Å². The molecule has 0 aliphatic carbocycles. The van der Waals surface area contributed by atoms with Gasteiger partial charge in [0.15, 0.2) is 5.78 Å². The van der Waals surface area contributed by atoms with Crippen LogP contribution >= 0.6 is 0 Å². The highest BCUT2D eigenvalue weighted by atomic mass is 16.6. The normalized spacial score (nSPS) is 27.9. The Hall–Kier alpha value is -0.900. The fourth-order valence-corrected chi connectivity index (χ4v) is 1.22. The van der Waals surface area contributed by atoms with Gasteiger partial charge in [-0.05, 0) is 27.7 Å². The maximum absolute atomic E-state index is 11.6. The topological polar surface area (TPSA) is 52.6 Å². The third-order valence-electron chi connectivity index (χ3n) is 2.04. The van der Waals surface area contributed by atoms with Crippen LogP contribution in [0, 0.1) is 0 Å². The van der Waals surface area contributed by atoms with Gasteiger partial charge in [-0.25, -0.2) is 4.79 Å². The average molecular weight is 200 g/mol. The molecule has 1 unspecified atom stereocenters. The molecule has 0 saturated carbocycles. The number of esters is 1. The van der Waals surface area contributed by atoms with E-state index in [0.29, 0.717) is 6.61 Å². The molecule has 0 radical (unpaired) electrons. The van der Waals surface area contributed by atoms with Crippen molar-refractivity contribution in [2.45, 2.75) is 45.3 Å². The molecular weight excluding hydrogens is 184 g/mol. The summed E-state index contributed by atoms with van der Waals surface area (Å²) in [5.41, 5.74) is -1.97. The van der Waals surface area contributed by atoms with E-state index in [9.17, 15) is 9.59 Å². The van der Waals surface area contributed by atoms with Crippen molar-refractivity contribution in [2.24, 2.45) is 0 Å². The monoisotopic (exact) mass is 200 g/mol. The number of ketones is 1. The van der Waals surface area contributed by atoms with E-state index in [-0.39, 0.29) is 12.2 Å². The number of Topliss-reactive ketones (excluding diaryl/α,β-unsaturated/α-hetero) is 1. The molecular formula is C10H16O4. The minimum absolute atomic E-state index is 0.202. The molecule has 4 nitrogen and oxygen atoms in total. The second kappa shape index (κ2) is 3.35. The maximum atomic E-state index is 11.6. The zero-order chi connectivity index (χ0) is 11.0. The van der Waals surface area contributed by atoms with Crippen LogP contribution in [0.1, 0.15) is 34.1 Å². The third-order valence-corrected chi connectivity index (χ3v) is 2.04. The van der Waals surface area contributed by atoms with Crippen LogP contribution < -0.4 is 0 Å². The van der Waals surface area contributed by atoms with Crippen molar-refractivity contribution in [3.8, 4) is 0 Å². The lowest BCUT2D eigenvalue weighted by molar-refractivity contribution is -0.177. The summed E-state index contributed by atoms with van der Waals surface area (Å²) in [5, 5.41) is 0. The summed E-state index contributed by atoms with van der Waals surface area (Å²) in [4.78, 5) is 23.0. The highest BCUT2D eigenvalue weighted by molar-refractivity contribution is 6.08. The van der Waals surface area contributed by atoms with E-state index >= 15 is 0 Å². The quantitative estimate of drug-likeness (QED) is 0.469. The van der Waals surface area contributed by atoms with Crippen molar-refractivity contribution in [3.63, 3.8) is 0 Å². The van der Waals surface area contributed by atoms with Crippen LogP contribution in [-0.4, -0.2) is 29.6 Å². The summed E-state index contributed by atoms with van der Waals surface area (Å²) in [6.07, 6.45) is 0.287. The molecule has 1 aliphatic heterocycles. The molecule has 1 atom stereocenters. The molecule has 0 aromatic heterocycles. The lowest BCUT2D eigenvalue weighted by atomic mass is 10.0. The van der Waals surface area contributed by atoms with E-state index in [1.165, 1.54) is 6.92 Å². The number of carbonyl (C=O) groups excluding carboxylic acids is 2. The highest BCUT2D eigenvalue weighted by Crippen LogP contribution is 2.25. The van der Waals surface area contributed by atoms with Gasteiger partial charge in [0.05, 0.1) is 6.61 Å². The Labute approximate surface area is 83.6 Å². The number of rotatable bonds is 1. The molecule has 0 spiro atoms. The zero-order valence-corrected chi connectivity index (χ0v) is 9.05. The Balaban J connectivity index is 2.74. The van der Waals surface area contributed by atoms with E-state index in [1.54, 1.807) is 20.8 Å². The second-order valence-corrected chi connectivity index (χ2v) is 4.56. The lowest BCUT2D eigenvalue weighted by Crippen LogP contribution is -2.45. The van der Waals surface area contributed by atoms with Gasteiger partial charge in [-0.15, -0.1) is 0 Å². The maximum Gasteiger partial charge on any atom is 0.346 e. The van der Waals surface area contributed by atoms with Gasteiger partial charge >= 0.3 is 5.97 Å². The van der Waals surface area contributed by atoms with Crippen LogP contribution in [0.3, 0.4) is 0 Å². The molecule has 14 heavy (non-hydrogen) atoms. The van der Waals surface area contributed by atoms with Crippen molar-refractivity contribution in [2.75, 3.05) is 6.61 Å². The molecule has 0 amide bonds. The summed E-state index contributed by atoms with van der Waals surface area (Å²) >= 11 is 0. The van der Waals surface area contributed by atoms with Gasteiger partial charge in [-0.1, -0.05) is 0 Å². The van der Waals surface area contributed by atoms with E-state index in [1.807, 2.05) is 0 Å². The number of ether oxygens (including phenoxy) is 2. The highest BCUT2D eigenvalue weighted by Gasteiger charge is 2.48. The number of hydrogen-bond donors (Lipinski definition) is 0. The molecule has 1 aliphatic rings. The van der Waals surface area contributed by atoms with Crippen LogP contribution in [0.25, 0.3) is 0 Å². The molecule has 0 aromatic rings. The number of hydrogen-bond acceptors (Lipinski definition) is 4. The fraction of sp³-hybridized carbons (Fsp3) is 0.800. The Kier molecular flexibility index (Phi) is 2.67. The first kappa shape index (κ1) is 11.2. The van der Waals surface area contributed by atoms with Crippen LogP contribution in [0.4, 0.5) is 0 Å². The third kappa shape index (κ3) is 2.12. The smallest absolute Gasteiger partial charge is 0.346 e. The van der Waals surface area contributed by atoms with Crippen LogP contribution in [0.2, 0.25) is 0 Å². The van der Waals surface area contributed by atoms with Gasteiger partial charge < -0.3 is 9.47 Å². The zero-order valence-electron chi connectivity index (χ0n) is 9.05. The first-order valence-corrected chi connectivity index (χ1v) is 4.66. The minimum atomic E-state index is -1.38. The number of carbonyl (C=O) groups is 2. The molecule has 1 rings (SSSR count). The first-order chi connectivity index (χ1) is 6.26. The first-order valence-electron chi connectivity index (χ1n) is 4.66. The van der Waals surface area contributed by atoms with E-state index in [2.05, 4.69) is 0 Å². The van der Waals surface area contributed by atoms with Crippen molar-refractivity contribution in [1.82, 2.24) is 0 Å². The lowest BCUT2D eigenvalue weighted by Gasteiger charge is -2.26. The largest absolute Gasteiger partial charge is 0.457 e. The van der Waals surface area contributed by atoms with Gasteiger partial charge in [0, 0.05) is 6.42 Å². The van der Waals surface area contributed by atoms with Gasteiger partial charge in [0.1, 0.15) is 5.60 Å². The molecule has 0 bridgehead atoms. The molecule has 0 aromatic carbocycles. The summed E-state index contributed by atoms with van der Waals surface area (Å²) in [6, 6.07) is 0. The van der Waals surface area contributed by atoms with Crippen LogP contribution in [0.15, 0.2) is 0 Å². The van der Waals surface area contributed by atoms with Crippen molar-refractivity contribution in [1.29, 1.82) is 0 Å². The second-order valence-electron chi connectivity index (χ2n) is 4.56.